The van der Waals surface area contributed by atoms with Crippen LogP contribution in [0.15, 0.2) is 48.7 Å². The minimum atomic E-state index is -0.702. The number of carbonyl (C=O) groups is 4. The molecule has 0 radical (unpaired) electrons. The van der Waals surface area contributed by atoms with Crippen molar-refractivity contribution in [3.63, 3.8) is 0 Å². The molecule has 4 N–H and O–H groups in total. The Kier molecular flexibility index (Phi) is 11.4. The third kappa shape index (κ3) is 7.77. The van der Waals surface area contributed by atoms with Crippen molar-refractivity contribution in [3.8, 4) is 33.8 Å². The highest BCUT2D eigenvalue weighted by atomic mass is 16.5. The van der Waals surface area contributed by atoms with E-state index in [4.69, 9.17) is 29.6 Å². The standard InChI is InChI=1S/C47H56N10O6/c1-24(2)38(52-46(60)62-5)44(58)56-19-7-9-34(56)42-48-23-33(51-42)26-11-13-27(14-12-26)40-36-28-15-16-29(21-28)37(36)41(55-54-40)30-17-18-31-32(22-30)50-43(49-31)35-10-8-20-57(35)45(59)39(25(3)4)53-47(61)63-6/h11-14,17-18,22-25,28-29,34-35,38-39H,7-10,15-16,19-21H2,1-6H3,(H,48,51)(H,49,50)(H,52,60)(H,53,61)/t28?,29?,34?,35?,38-,39-/m0/s1. The third-order valence-corrected chi connectivity index (χ3v) is 13.6. The van der Waals surface area contributed by atoms with Crippen LogP contribution in [-0.4, -0.2) is 103 Å². The van der Waals surface area contributed by atoms with Gasteiger partial charge in [-0.25, -0.2) is 19.6 Å². The minimum Gasteiger partial charge on any atom is -0.453 e. The number of nitrogens with one attached hydrogen (secondary N) is 4. The Bertz CT molecular complexity index is 2550. The molecule has 16 nitrogen and oxygen atoms in total. The lowest BCUT2D eigenvalue weighted by molar-refractivity contribution is -0.136. The summed E-state index contributed by atoms with van der Waals surface area (Å²) in [4.78, 5) is 72.0. The van der Waals surface area contributed by atoms with Gasteiger partial charge in [-0.2, -0.15) is 0 Å². The highest BCUT2D eigenvalue weighted by molar-refractivity contribution is 5.88. The number of aromatic amines is 2. The van der Waals surface area contributed by atoms with E-state index in [1.54, 1.807) is 0 Å². The smallest absolute Gasteiger partial charge is 0.407 e. The van der Waals surface area contributed by atoms with E-state index >= 15 is 0 Å². The van der Waals surface area contributed by atoms with Crippen LogP contribution in [0, 0.1) is 11.8 Å². The number of ether oxygens (including phenoxy) is 2. The monoisotopic (exact) mass is 856 g/mol. The number of carbonyl (C=O) groups excluding carboxylic acids is 4. The molecule has 4 unspecified atom stereocenters. The average Bonchev–Trinajstić information content (AvgIpc) is 4.16. The fourth-order valence-electron chi connectivity index (χ4n) is 10.4. The number of amides is 4. The van der Waals surface area contributed by atoms with Gasteiger partial charge < -0.3 is 39.9 Å². The second-order valence-corrected chi connectivity index (χ2v) is 18.1. The number of rotatable bonds is 11. The van der Waals surface area contributed by atoms with Gasteiger partial charge in [0.15, 0.2) is 0 Å². The van der Waals surface area contributed by atoms with Crippen LogP contribution >= 0.6 is 0 Å². The quantitative estimate of drug-likeness (QED) is 0.103. The summed E-state index contributed by atoms with van der Waals surface area (Å²) in [6, 6.07) is 12.7. The summed E-state index contributed by atoms with van der Waals surface area (Å²) >= 11 is 0. The van der Waals surface area contributed by atoms with Crippen LogP contribution in [0.2, 0.25) is 0 Å². The largest absolute Gasteiger partial charge is 0.453 e. The Morgan fingerprint density at radius 3 is 1.76 bits per heavy atom. The fourth-order valence-corrected chi connectivity index (χ4v) is 10.4. The number of likely N-dealkylation sites (tertiary alicyclic amines) is 2. The summed E-state index contributed by atoms with van der Waals surface area (Å²) in [6.07, 6.45) is 7.16. The molecule has 2 bridgehead atoms. The number of aromatic nitrogens is 6. The molecule has 2 aromatic carbocycles. The van der Waals surface area contributed by atoms with Crippen molar-refractivity contribution in [3.05, 3.63) is 71.4 Å². The molecule has 63 heavy (non-hydrogen) atoms. The molecule has 16 heteroatoms. The molecule has 330 valence electrons. The first-order valence-electron chi connectivity index (χ1n) is 22.3. The number of fused-ring (bicyclic) bond motifs is 6. The Hall–Kier alpha value is -6.32. The van der Waals surface area contributed by atoms with Gasteiger partial charge in [-0.05, 0) is 97.4 Å². The molecule has 1 saturated carbocycles. The first kappa shape index (κ1) is 42.0. The van der Waals surface area contributed by atoms with E-state index in [2.05, 4.69) is 57.0 Å². The van der Waals surface area contributed by atoms with Crippen molar-refractivity contribution in [2.75, 3.05) is 27.3 Å². The van der Waals surface area contributed by atoms with E-state index in [1.165, 1.54) is 25.3 Å². The SMILES string of the molecule is COC(=O)N[C@H](C(=O)N1CCCC1c1ncc(-c2ccc(-c3nnc(-c4ccc5[nH]c(C6CCCN6C(=O)[C@@H](NC(=O)OC)C(C)C)nc5c4)c4c3C3CCC4C3)cc2)[nH]1)C(C)C. The van der Waals surface area contributed by atoms with Gasteiger partial charge in [0.2, 0.25) is 11.8 Å². The van der Waals surface area contributed by atoms with E-state index in [1.807, 2.05) is 49.8 Å². The Morgan fingerprint density at radius 2 is 1.21 bits per heavy atom. The molecule has 4 amide bonds. The van der Waals surface area contributed by atoms with Crippen LogP contribution in [-0.2, 0) is 19.1 Å². The Balaban J connectivity index is 0.949. The van der Waals surface area contributed by atoms with E-state index < -0.39 is 24.3 Å². The summed E-state index contributed by atoms with van der Waals surface area (Å²) < 4.78 is 9.59. The zero-order valence-electron chi connectivity index (χ0n) is 36.7. The number of H-pyrrole nitrogens is 2. The van der Waals surface area contributed by atoms with Crippen molar-refractivity contribution >= 4 is 35.0 Å². The lowest BCUT2D eigenvalue weighted by Crippen LogP contribution is -2.51. The van der Waals surface area contributed by atoms with Crippen LogP contribution in [0.5, 0.6) is 0 Å². The Labute approximate surface area is 366 Å². The lowest BCUT2D eigenvalue weighted by Gasteiger charge is -2.30. The fraction of sp³-hybridized carbons (Fsp3) is 0.489. The summed E-state index contributed by atoms with van der Waals surface area (Å²) in [5, 5.41) is 15.3. The topological polar surface area (TPSA) is 200 Å². The van der Waals surface area contributed by atoms with Gasteiger partial charge in [-0.1, -0.05) is 58.0 Å². The van der Waals surface area contributed by atoms with Gasteiger partial charge in [0, 0.05) is 24.2 Å². The molecule has 2 saturated heterocycles. The molecule has 3 aromatic heterocycles. The van der Waals surface area contributed by atoms with Gasteiger partial charge in [-0.15, -0.1) is 10.2 Å². The molecule has 4 aliphatic rings. The molecule has 9 rings (SSSR count). The van der Waals surface area contributed by atoms with Crippen LogP contribution < -0.4 is 10.6 Å². The zero-order chi connectivity index (χ0) is 44.1. The zero-order valence-corrected chi connectivity index (χ0v) is 36.7. The van der Waals surface area contributed by atoms with Crippen molar-refractivity contribution in [2.24, 2.45) is 11.8 Å². The minimum absolute atomic E-state index is 0.112. The van der Waals surface area contributed by atoms with Crippen molar-refractivity contribution in [1.29, 1.82) is 0 Å². The molecular formula is C47H56N10O6. The molecular weight excluding hydrogens is 801 g/mol. The van der Waals surface area contributed by atoms with Crippen LogP contribution in [0.4, 0.5) is 9.59 Å². The van der Waals surface area contributed by atoms with Crippen LogP contribution in [0.3, 0.4) is 0 Å². The first-order chi connectivity index (χ1) is 30.4. The second kappa shape index (κ2) is 17.1. The van der Waals surface area contributed by atoms with Gasteiger partial charge in [-0.3, -0.25) is 9.59 Å². The normalized spacial score (nSPS) is 21.3. The summed E-state index contributed by atoms with van der Waals surface area (Å²) in [5.74, 6) is 1.79. The molecule has 2 aliphatic heterocycles. The van der Waals surface area contributed by atoms with E-state index in [9.17, 15) is 19.2 Å². The van der Waals surface area contributed by atoms with Crippen LogP contribution in [0.25, 0.3) is 44.8 Å². The average molecular weight is 857 g/mol. The summed E-state index contributed by atoms with van der Waals surface area (Å²) in [6.45, 7) is 8.81. The number of hydrogen-bond acceptors (Lipinski definition) is 10. The van der Waals surface area contributed by atoms with E-state index in [-0.39, 0.29) is 35.7 Å². The predicted octanol–water partition coefficient (Wildman–Crippen LogP) is 7.53. The maximum absolute atomic E-state index is 13.8. The third-order valence-electron chi connectivity index (χ3n) is 13.6. The predicted molar refractivity (Wildman–Crippen MR) is 235 cm³/mol. The van der Waals surface area contributed by atoms with Gasteiger partial charge in [0.05, 0.1) is 60.6 Å². The number of benzene rings is 2. The first-order valence-corrected chi connectivity index (χ1v) is 22.3. The Morgan fingerprint density at radius 1 is 0.683 bits per heavy atom. The van der Waals surface area contributed by atoms with Gasteiger partial charge in [0.1, 0.15) is 23.7 Å². The molecule has 3 fully saturated rings. The van der Waals surface area contributed by atoms with E-state index in [0.29, 0.717) is 24.9 Å². The second-order valence-electron chi connectivity index (χ2n) is 18.1. The number of hydrogen-bond donors (Lipinski definition) is 4. The lowest BCUT2D eigenvalue weighted by atomic mass is 9.86. The summed E-state index contributed by atoms with van der Waals surface area (Å²) in [7, 11) is 2.59. The molecule has 6 atom stereocenters. The molecule has 5 aromatic rings. The number of alkyl carbamates (subject to hydrolysis) is 2. The van der Waals surface area contributed by atoms with Crippen molar-refractivity contribution in [2.45, 2.75) is 109 Å². The maximum atomic E-state index is 13.8. The van der Waals surface area contributed by atoms with E-state index in [0.717, 1.165) is 101 Å². The molecule has 2 aliphatic carbocycles. The highest BCUT2D eigenvalue weighted by Gasteiger charge is 2.43. The maximum Gasteiger partial charge on any atom is 0.407 e. The number of nitrogens with zero attached hydrogens (tertiary/aromatic N) is 6. The molecule has 0 spiro atoms. The highest BCUT2D eigenvalue weighted by Crippen LogP contribution is 2.57. The van der Waals surface area contributed by atoms with Crippen LogP contribution in [0.1, 0.15) is 119 Å². The van der Waals surface area contributed by atoms with Crippen molar-refractivity contribution in [1.82, 2.24) is 50.6 Å². The number of methoxy groups -OCH3 is 2. The number of imidazole rings is 2. The molecule has 5 heterocycles. The van der Waals surface area contributed by atoms with Gasteiger partial charge in [0.25, 0.3) is 0 Å². The summed E-state index contributed by atoms with van der Waals surface area (Å²) in [5.41, 5.74) is 9.91. The van der Waals surface area contributed by atoms with Crippen molar-refractivity contribution < 1.29 is 28.7 Å². The van der Waals surface area contributed by atoms with Gasteiger partial charge >= 0.3 is 12.2 Å².